The van der Waals surface area contributed by atoms with E-state index in [1.807, 2.05) is 36.4 Å². The highest BCUT2D eigenvalue weighted by molar-refractivity contribution is 9.10. The van der Waals surface area contributed by atoms with Crippen molar-refractivity contribution in [1.82, 2.24) is 0 Å². The number of benzene rings is 2. The lowest BCUT2D eigenvalue weighted by Gasteiger charge is -2.13. The summed E-state index contributed by atoms with van der Waals surface area (Å²) in [5.74, 6) is 0.644. The largest absolute Gasteiger partial charge is 0.495 e. The molecule has 0 saturated carbocycles. The van der Waals surface area contributed by atoms with Crippen LogP contribution < -0.4 is 15.8 Å². The van der Waals surface area contributed by atoms with E-state index in [0.29, 0.717) is 16.5 Å². The first-order chi connectivity index (χ1) is 8.61. The van der Waals surface area contributed by atoms with Crippen LogP contribution in [0.3, 0.4) is 0 Å². The number of nitrogen functional groups attached to an aromatic ring is 1. The zero-order chi connectivity index (χ0) is 13.1. The highest BCUT2D eigenvalue weighted by Crippen LogP contribution is 2.34. The Morgan fingerprint density at radius 2 is 2.00 bits per heavy atom. The van der Waals surface area contributed by atoms with E-state index in [2.05, 4.69) is 21.2 Å². The molecule has 2 aromatic carbocycles. The topological polar surface area (TPSA) is 47.3 Å². The van der Waals surface area contributed by atoms with Crippen LogP contribution in [-0.4, -0.2) is 7.11 Å². The molecule has 0 saturated heterocycles. The third kappa shape index (κ3) is 2.71. The van der Waals surface area contributed by atoms with Crippen molar-refractivity contribution in [1.29, 1.82) is 0 Å². The molecule has 0 fully saturated rings. The highest BCUT2D eigenvalue weighted by atomic mass is 79.9. The van der Waals surface area contributed by atoms with Gasteiger partial charge in [-0.15, -0.1) is 0 Å². The fraction of sp³-hybridized carbons (Fsp3) is 0.0769. The van der Waals surface area contributed by atoms with Gasteiger partial charge in [-0.3, -0.25) is 0 Å². The smallest absolute Gasteiger partial charge is 0.143 e. The summed E-state index contributed by atoms with van der Waals surface area (Å²) < 4.78 is 6.05. The van der Waals surface area contributed by atoms with Gasteiger partial charge in [-0.25, -0.2) is 0 Å². The number of nitrogens with two attached hydrogens (primary N) is 1. The van der Waals surface area contributed by atoms with E-state index < -0.39 is 0 Å². The average molecular weight is 328 g/mol. The lowest BCUT2D eigenvalue weighted by atomic mass is 10.2. The molecule has 3 N–H and O–H groups in total. The molecule has 0 aliphatic heterocycles. The molecule has 0 amide bonds. The fourth-order valence-electron chi connectivity index (χ4n) is 1.57. The molecule has 0 atom stereocenters. The maximum Gasteiger partial charge on any atom is 0.143 e. The van der Waals surface area contributed by atoms with Crippen LogP contribution in [0, 0.1) is 0 Å². The molecule has 2 aromatic rings. The summed E-state index contributed by atoms with van der Waals surface area (Å²) in [6, 6.07) is 11.1. The molecule has 0 unspecified atom stereocenters. The molecule has 2 rings (SSSR count). The van der Waals surface area contributed by atoms with Crippen molar-refractivity contribution in [3.8, 4) is 5.75 Å². The van der Waals surface area contributed by atoms with Crippen LogP contribution in [0.5, 0.6) is 5.75 Å². The Labute approximate surface area is 119 Å². The van der Waals surface area contributed by atoms with Gasteiger partial charge in [-0.05, 0) is 46.3 Å². The number of halogens is 2. The van der Waals surface area contributed by atoms with Gasteiger partial charge in [0.15, 0.2) is 0 Å². The average Bonchev–Trinajstić information content (AvgIpc) is 2.35. The van der Waals surface area contributed by atoms with Gasteiger partial charge in [0.05, 0.1) is 24.2 Å². The van der Waals surface area contributed by atoms with Crippen LogP contribution >= 0.6 is 27.5 Å². The first kappa shape index (κ1) is 13.1. The van der Waals surface area contributed by atoms with E-state index >= 15 is 0 Å². The van der Waals surface area contributed by atoms with Gasteiger partial charge in [-0.2, -0.15) is 0 Å². The van der Waals surface area contributed by atoms with Crippen LogP contribution in [0.15, 0.2) is 40.9 Å². The second-order valence-corrected chi connectivity index (χ2v) is 4.96. The van der Waals surface area contributed by atoms with Crippen LogP contribution in [0.2, 0.25) is 5.02 Å². The standard InChI is InChI=1S/C13H12BrClN2O/c1-18-12-4-2-3-11(13(12)16)17-10-6-5-8(15)7-9(10)14/h2-7,17H,16H2,1H3. The fourth-order valence-corrected chi connectivity index (χ4v) is 2.35. The van der Waals surface area contributed by atoms with Gasteiger partial charge in [-0.1, -0.05) is 17.7 Å². The second-order valence-electron chi connectivity index (χ2n) is 3.67. The maximum absolute atomic E-state index is 5.99. The van der Waals surface area contributed by atoms with Gasteiger partial charge in [0, 0.05) is 9.50 Å². The van der Waals surface area contributed by atoms with E-state index in [4.69, 9.17) is 22.1 Å². The number of para-hydroxylation sites is 1. The Hall–Kier alpha value is -1.39. The molecule has 18 heavy (non-hydrogen) atoms. The Balaban J connectivity index is 2.34. The van der Waals surface area contributed by atoms with Crippen LogP contribution in [0.1, 0.15) is 0 Å². The quantitative estimate of drug-likeness (QED) is 0.819. The highest BCUT2D eigenvalue weighted by Gasteiger charge is 2.07. The normalized spacial score (nSPS) is 10.2. The molecular formula is C13H12BrClN2O. The minimum atomic E-state index is 0.571. The number of hydrogen-bond donors (Lipinski definition) is 2. The Kier molecular flexibility index (Phi) is 3.99. The van der Waals surface area contributed by atoms with E-state index in [-0.39, 0.29) is 0 Å². The van der Waals surface area contributed by atoms with E-state index in [0.717, 1.165) is 15.8 Å². The number of rotatable bonds is 3. The van der Waals surface area contributed by atoms with Gasteiger partial charge < -0.3 is 15.8 Å². The number of methoxy groups -OCH3 is 1. The predicted octanol–water partition coefficient (Wildman–Crippen LogP) is 4.44. The van der Waals surface area contributed by atoms with Crippen LogP contribution in [-0.2, 0) is 0 Å². The molecule has 5 heteroatoms. The van der Waals surface area contributed by atoms with Crippen molar-refractivity contribution in [2.75, 3.05) is 18.2 Å². The molecule has 0 radical (unpaired) electrons. The lowest BCUT2D eigenvalue weighted by Crippen LogP contribution is -1.99. The first-order valence-corrected chi connectivity index (χ1v) is 6.43. The summed E-state index contributed by atoms with van der Waals surface area (Å²) >= 11 is 9.34. The summed E-state index contributed by atoms with van der Waals surface area (Å²) in [6.45, 7) is 0. The van der Waals surface area contributed by atoms with E-state index in [1.54, 1.807) is 7.11 Å². The van der Waals surface area contributed by atoms with Gasteiger partial charge in [0.2, 0.25) is 0 Å². The lowest BCUT2D eigenvalue weighted by molar-refractivity contribution is 0.417. The number of hydrogen-bond acceptors (Lipinski definition) is 3. The summed E-state index contributed by atoms with van der Waals surface area (Å²) in [4.78, 5) is 0. The molecular weight excluding hydrogens is 316 g/mol. The van der Waals surface area contributed by atoms with Crippen molar-refractivity contribution >= 4 is 44.6 Å². The van der Waals surface area contributed by atoms with Crippen molar-refractivity contribution < 1.29 is 4.74 Å². The summed E-state index contributed by atoms with van der Waals surface area (Å²) in [5, 5.41) is 3.90. The minimum Gasteiger partial charge on any atom is -0.495 e. The Morgan fingerprint density at radius 1 is 1.22 bits per heavy atom. The van der Waals surface area contributed by atoms with E-state index in [9.17, 15) is 0 Å². The zero-order valence-corrected chi connectivity index (χ0v) is 12.0. The Morgan fingerprint density at radius 3 is 2.67 bits per heavy atom. The summed E-state index contributed by atoms with van der Waals surface area (Å²) in [6.07, 6.45) is 0. The van der Waals surface area contributed by atoms with Crippen molar-refractivity contribution in [2.45, 2.75) is 0 Å². The van der Waals surface area contributed by atoms with Gasteiger partial charge in [0.25, 0.3) is 0 Å². The molecule has 94 valence electrons. The number of nitrogens with one attached hydrogen (secondary N) is 1. The molecule has 0 aliphatic rings. The van der Waals surface area contributed by atoms with Gasteiger partial charge in [0.1, 0.15) is 5.75 Å². The third-order valence-electron chi connectivity index (χ3n) is 2.49. The molecule has 3 nitrogen and oxygen atoms in total. The maximum atomic E-state index is 5.99. The number of anilines is 3. The molecule has 0 heterocycles. The van der Waals surface area contributed by atoms with Crippen molar-refractivity contribution in [3.63, 3.8) is 0 Å². The molecule has 0 aromatic heterocycles. The third-order valence-corrected chi connectivity index (χ3v) is 3.38. The second kappa shape index (κ2) is 5.50. The SMILES string of the molecule is COc1cccc(Nc2ccc(Cl)cc2Br)c1N. The monoisotopic (exact) mass is 326 g/mol. The van der Waals surface area contributed by atoms with Crippen LogP contribution in [0.25, 0.3) is 0 Å². The predicted molar refractivity (Wildman–Crippen MR) is 79.8 cm³/mol. The molecule has 0 aliphatic carbocycles. The zero-order valence-electron chi connectivity index (χ0n) is 9.71. The van der Waals surface area contributed by atoms with E-state index in [1.165, 1.54) is 0 Å². The Bertz CT molecular complexity index is 575. The van der Waals surface area contributed by atoms with Crippen LogP contribution in [0.4, 0.5) is 17.1 Å². The summed E-state index contributed by atoms with van der Waals surface area (Å²) in [5.41, 5.74) is 8.24. The molecule has 0 bridgehead atoms. The van der Waals surface area contributed by atoms with Crippen molar-refractivity contribution in [2.24, 2.45) is 0 Å². The number of ether oxygens (including phenoxy) is 1. The van der Waals surface area contributed by atoms with Gasteiger partial charge >= 0.3 is 0 Å². The first-order valence-electron chi connectivity index (χ1n) is 5.26. The molecule has 0 spiro atoms. The van der Waals surface area contributed by atoms with Crippen molar-refractivity contribution in [3.05, 3.63) is 45.9 Å². The summed E-state index contributed by atoms with van der Waals surface area (Å²) in [7, 11) is 1.59. The minimum absolute atomic E-state index is 0.571.